The van der Waals surface area contributed by atoms with Crippen molar-refractivity contribution in [3.8, 4) is 0 Å². The van der Waals surface area contributed by atoms with Crippen molar-refractivity contribution in [1.82, 2.24) is 5.32 Å². The van der Waals surface area contributed by atoms with E-state index in [1.54, 1.807) is 11.3 Å². The van der Waals surface area contributed by atoms with Gasteiger partial charge in [0.2, 0.25) is 0 Å². The number of rotatable bonds is 5. The van der Waals surface area contributed by atoms with E-state index >= 15 is 0 Å². The Kier molecular flexibility index (Phi) is 5.40. The first kappa shape index (κ1) is 13.9. The summed E-state index contributed by atoms with van der Waals surface area (Å²) < 4.78 is 1.73. The average molecular weight is 334 g/mol. The summed E-state index contributed by atoms with van der Waals surface area (Å²) in [6, 6.07) is 2.21. The van der Waals surface area contributed by atoms with Gasteiger partial charge in [-0.1, -0.05) is 19.3 Å². The van der Waals surface area contributed by atoms with E-state index in [-0.39, 0.29) is 0 Å². The Labute approximate surface area is 121 Å². The van der Waals surface area contributed by atoms with Gasteiger partial charge < -0.3 is 5.32 Å². The van der Waals surface area contributed by atoms with Crippen LogP contribution in [0.5, 0.6) is 0 Å². The van der Waals surface area contributed by atoms with Crippen LogP contribution in [-0.4, -0.2) is 17.5 Å². The zero-order valence-corrected chi connectivity index (χ0v) is 13.5. The lowest BCUT2D eigenvalue weighted by molar-refractivity contribution is 0.379. The maximum absolute atomic E-state index is 3.64. The zero-order chi connectivity index (χ0) is 12.1. The second-order valence-corrected chi connectivity index (χ2v) is 8.38. The van der Waals surface area contributed by atoms with Gasteiger partial charge >= 0.3 is 0 Å². The van der Waals surface area contributed by atoms with Crippen molar-refractivity contribution >= 4 is 39.0 Å². The predicted octanol–water partition coefficient (Wildman–Crippen LogP) is 4.67. The van der Waals surface area contributed by atoms with Crippen molar-refractivity contribution in [3.05, 3.63) is 20.8 Å². The van der Waals surface area contributed by atoms with Crippen LogP contribution in [0.15, 0.2) is 15.2 Å². The molecule has 1 aliphatic rings. The normalized spacial score (nSPS) is 19.4. The average Bonchev–Trinajstić information content (AvgIpc) is 2.76. The van der Waals surface area contributed by atoms with Gasteiger partial charge in [-0.3, -0.25) is 0 Å². The van der Waals surface area contributed by atoms with E-state index in [4.69, 9.17) is 0 Å². The van der Waals surface area contributed by atoms with Gasteiger partial charge in [0, 0.05) is 17.8 Å². The molecule has 0 aliphatic heterocycles. The van der Waals surface area contributed by atoms with Crippen LogP contribution >= 0.6 is 39.0 Å². The molecule has 1 N–H and O–H groups in total. The molecule has 0 bridgehead atoms. The fourth-order valence-corrected chi connectivity index (χ4v) is 4.67. The Morgan fingerprint density at radius 1 is 1.41 bits per heavy atom. The third-order valence-electron chi connectivity index (χ3n) is 3.60. The van der Waals surface area contributed by atoms with Crippen molar-refractivity contribution < 1.29 is 0 Å². The van der Waals surface area contributed by atoms with E-state index in [2.05, 4.69) is 50.7 Å². The predicted molar refractivity (Wildman–Crippen MR) is 83.1 cm³/mol. The fourth-order valence-electron chi connectivity index (χ4n) is 2.52. The van der Waals surface area contributed by atoms with Gasteiger partial charge in [0.05, 0.1) is 3.79 Å². The molecule has 1 aliphatic carbocycles. The molecule has 1 saturated carbocycles. The van der Waals surface area contributed by atoms with E-state index in [1.807, 2.05) is 0 Å². The molecule has 0 amide bonds. The second kappa shape index (κ2) is 6.60. The van der Waals surface area contributed by atoms with E-state index in [0.29, 0.717) is 4.75 Å². The van der Waals surface area contributed by atoms with Crippen molar-refractivity contribution in [2.24, 2.45) is 0 Å². The first-order valence-corrected chi connectivity index (χ1v) is 9.13. The van der Waals surface area contributed by atoms with Gasteiger partial charge in [0.1, 0.15) is 0 Å². The summed E-state index contributed by atoms with van der Waals surface area (Å²) in [4.78, 5) is 0. The number of halogens is 1. The molecule has 0 aromatic carbocycles. The van der Waals surface area contributed by atoms with Crippen LogP contribution < -0.4 is 5.32 Å². The Morgan fingerprint density at radius 2 is 2.18 bits per heavy atom. The third kappa shape index (κ3) is 3.98. The molecule has 0 saturated heterocycles. The van der Waals surface area contributed by atoms with Gasteiger partial charge in [-0.25, -0.2) is 0 Å². The minimum Gasteiger partial charge on any atom is -0.311 e. The number of hydrogen-bond acceptors (Lipinski definition) is 3. The number of thiophene rings is 1. The van der Waals surface area contributed by atoms with E-state index < -0.39 is 0 Å². The van der Waals surface area contributed by atoms with Crippen LogP contribution in [0, 0.1) is 0 Å². The molecule has 0 atom stereocenters. The van der Waals surface area contributed by atoms with E-state index in [9.17, 15) is 0 Å². The molecule has 4 heteroatoms. The highest BCUT2D eigenvalue weighted by Crippen LogP contribution is 2.38. The van der Waals surface area contributed by atoms with Crippen molar-refractivity contribution in [3.63, 3.8) is 0 Å². The first-order valence-electron chi connectivity index (χ1n) is 6.23. The van der Waals surface area contributed by atoms with Gasteiger partial charge in [0.15, 0.2) is 0 Å². The molecular weight excluding hydrogens is 314 g/mol. The minimum absolute atomic E-state index is 0.505. The largest absolute Gasteiger partial charge is 0.311 e. The van der Waals surface area contributed by atoms with E-state index in [0.717, 1.165) is 13.1 Å². The molecule has 1 nitrogen and oxygen atoms in total. The van der Waals surface area contributed by atoms with Crippen LogP contribution in [0.3, 0.4) is 0 Å². The van der Waals surface area contributed by atoms with Crippen molar-refractivity contribution in [1.29, 1.82) is 0 Å². The Bertz CT molecular complexity index is 345. The summed E-state index contributed by atoms with van der Waals surface area (Å²) in [7, 11) is 0. The topological polar surface area (TPSA) is 12.0 Å². The van der Waals surface area contributed by atoms with Gasteiger partial charge in [-0.2, -0.15) is 11.8 Å². The molecule has 1 aromatic rings. The SMILES string of the molecule is CSC1(CNCc2csc(Br)c2)CCCCC1. The molecule has 0 unspecified atom stereocenters. The molecule has 17 heavy (non-hydrogen) atoms. The van der Waals surface area contributed by atoms with Crippen LogP contribution in [0.1, 0.15) is 37.7 Å². The van der Waals surface area contributed by atoms with Gasteiger partial charge in [-0.15, -0.1) is 11.3 Å². The lowest BCUT2D eigenvalue weighted by Gasteiger charge is -2.36. The van der Waals surface area contributed by atoms with Gasteiger partial charge in [-0.05, 0) is 52.0 Å². The molecular formula is C13H20BrNS2. The Morgan fingerprint density at radius 3 is 2.76 bits per heavy atom. The minimum atomic E-state index is 0.505. The number of nitrogens with one attached hydrogen (secondary N) is 1. The van der Waals surface area contributed by atoms with Crippen LogP contribution in [-0.2, 0) is 6.54 Å². The standard InChI is InChI=1S/C13H20BrNS2/c1-16-13(5-3-2-4-6-13)10-15-8-11-7-12(14)17-9-11/h7,9,15H,2-6,8,10H2,1H3. The monoisotopic (exact) mass is 333 g/mol. The second-order valence-electron chi connectivity index (χ2n) is 4.81. The van der Waals surface area contributed by atoms with Crippen LogP contribution in [0.2, 0.25) is 0 Å². The van der Waals surface area contributed by atoms with E-state index in [1.165, 1.54) is 41.5 Å². The maximum Gasteiger partial charge on any atom is 0.0701 e. The molecule has 1 aromatic heterocycles. The summed E-state index contributed by atoms with van der Waals surface area (Å²) in [6.45, 7) is 2.16. The summed E-state index contributed by atoms with van der Waals surface area (Å²) >= 11 is 7.34. The Hall–Kier alpha value is 0.490. The lowest BCUT2D eigenvalue weighted by atomic mass is 9.88. The van der Waals surface area contributed by atoms with Gasteiger partial charge in [0.25, 0.3) is 0 Å². The quantitative estimate of drug-likeness (QED) is 0.840. The highest BCUT2D eigenvalue weighted by atomic mass is 79.9. The zero-order valence-electron chi connectivity index (χ0n) is 10.3. The molecule has 2 rings (SSSR count). The molecule has 1 heterocycles. The smallest absolute Gasteiger partial charge is 0.0701 e. The maximum atomic E-state index is 3.64. The fraction of sp³-hybridized carbons (Fsp3) is 0.692. The molecule has 96 valence electrons. The third-order valence-corrected chi connectivity index (χ3v) is 6.57. The summed E-state index contributed by atoms with van der Waals surface area (Å²) in [6.07, 6.45) is 9.29. The summed E-state index contributed by atoms with van der Waals surface area (Å²) in [5.74, 6) is 0. The highest BCUT2D eigenvalue weighted by Gasteiger charge is 2.30. The van der Waals surface area contributed by atoms with Crippen molar-refractivity contribution in [2.75, 3.05) is 12.8 Å². The molecule has 0 radical (unpaired) electrons. The summed E-state index contributed by atoms with van der Waals surface area (Å²) in [5, 5.41) is 5.87. The molecule has 1 fully saturated rings. The highest BCUT2D eigenvalue weighted by molar-refractivity contribution is 9.11. The number of thioether (sulfide) groups is 1. The summed E-state index contributed by atoms with van der Waals surface area (Å²) in [5.41, 5.74) is 1.40. The Balaban J connectivity index is 1.79. The van der Waals surface area contributed by atoms with Crippen LogP contribution in [0.4, 0.5) is 0 Å². The van der Waals surface area contributed by atoms with Crippen molar-refractivity contribution in [2.45, 2.75) is 43.4 Å². The molecule has 0 spiro atoms. The lowest BCUT2D eigenvalue weighted by Crippen LogP contribution is -2.39. The number of hydrogen-bond donors (Lipinski definition) is 1. The first-order chi connectivity index (χ1) is 8.24. The van der Waals surface area contributed by atoms with Crippen LogP contribution in [0.25, 0.3) is 0 Å².